The second kappa shape index (κ2) is 3.16. The maximum Gasteiger partial charge on any atom is 0.143 e. The zero-order valence-electron chi connectivity index (χ0n) is 8.60. The first-order valence-electron chi connectivity index (χ1n) is 5.22. The van der Waals surface area contributed by atoms with Gasteiger partial charge >= 0.3 is 0 Å². The van der Waals surface area contributed by atoms with Crippen molar-refractivity contribution in [2.75, 3.05) is 5.32 Å². The van der Waals surface area contributed by atoms with Crippen molar-refractivity contribution in [3.05, 3.63) is 48.1 Å². The van der Waals surface area contributed by atoms with Gasteiger partial charge in [0.15, 0.2) is 0 Å². The Morgan fingerprint density at radius 1 is 1.27 bits per heavy atom. The lowest BCUT2D eigenvalue weighted by Gasteiger charge is -2.33. The summed E-state index contributed by atoms with van der Waals surface area (Å²) in [4.78, 5) is 0. The van der Waals surface area contributed by atoms with E-state index in [0.717, 1.165) is 11.4 Å². The Morgan fingerprint density at radius 2 is 2.13 bits per heavy atom. The van der Waals surface area contributed by atoms with Crippen LogP contribution in [0.15, 0.2) is 48.1 Å². The molecule has 0 saturated carbocycles. The minimum atomic E-state index is 0.128. The van der Waals surface area contributed by atoms with Crippen LogP contribution in [-0.2, 0) is 0 Å². The second-order valence-electron chi connectivity index (χ2n) is 4.02. The molecule has 0 spiro atoms. The van der Waals surface area contributed by atoms with E-state index in [1.807, 2.05) is 24.3 Å². The van der Waals surface area contributed by atoms with Gasteiger partial charge < -0.3 is 10.1 Å². The van der Waals surface area contributed by atoms with Gasteiger partial charge in [-0.2, -0.15) is 0 Å². The van der Waals surface area contributed by atoms with Gasteiger partial charge in [-0.15, -0.1) is 0 Å². The standard InChI is InChI=1S/C13H13NO/c1-9-6-7-13-11(8-9)14-10-4-2-3-5-12(10)15-13/h2-8,11,13-14H,1H3. The number of allylic oxidation sites excluding steroid dienone is 2. The summed E-state index contributed by atoms with van der Waals surface area (Å²) in [5.41, 5.74) is 2.37. The van der Waals surface area contributed by atoms with E-state index in [0.29, 0.717) is 0 Å². The van der Waals surface area contributed by atoms with Gasteiger partial charge in [0.2, 0.25) is 0 Å². The minimum absolute atomic E-state index is 0.128. The molecule has 0 bridgehead atoms. The van der Waals surface area contributed by atoms with Crippen LogP contribution in [0.3, 0.4) is 0 Å². The van der Waals surface area contributed by atoms with Gasteiger partial charge in [-0.25, -0.2) is 0 Å². The van der Waals surface area contributed by atoms with Crippen LogP contribution in [0.1, 0.15) is 6.92 Å². The topological polar surface area (TPSA) is 21.3 Å². The Hall–Kier alpha value is -1.70. The maximum atomic E-state index is 5.89. The SMILES string of the molecule is CC1=CC2Nc3ccccc3OC2C=C1. The number of benzene rings is 1. The molecule has 0 saturated heterocycles. The molecule has 2 atom stereocenters. The van der Waals surface area contributed by atoms with Gasteiger partial charge in [-0.1, -0.05) is 29.9 Å². The molecule has 0 aromatic heterocycles. The Labute approximate surface area is 89.3 Å². The van der Waals surface area contributed by atoms with Crippen LogP contribution >= 0.6 is 0 Å². The Balaban J connectivity index is 1.98. The molecule has 0 amide bonds. The highest BCUT2D eigenvalue weighted by atomic mass is 16.5. The van der Waals surface area contributed by atoms with Gasteiger partial charge in [0.1, 0.15) is 11.9 Å². The van der Waals surface area contributed by atoms with E-state index in [1.165, 1.54) is 5.57 Å². The molecule has 0 radical (unpaired) electrons. The molecule has 3 rings (SSSR count). The molecule has 1 N–H and O–H groups in total. The zero-order chi connectivity index (χ0) is 10.3. The van der Waals surface area contributed by atoms with E-state index >= 15 is 0 Å². The second-order valence-corrected chi connectivity index (χ2v) is 4.02. The van der Waals surface area contributed by atoms with Gasteiger partial charge in [0.25, 0.3) is 0 Å². The molecule has 15 heavy (non-hydrogen) atoms. The lowest BCUT2D eigenvalue weighted by molar-refractivity contribution is 0.228. The van der Waals surface area contributed by atoms with Gasteiger partial charge in [-0.3, -0.25) is 0 Å². The molecule has 0 fully saturated rings. The Kier molecular flexibility index (Phi) is 1.81. The number of anilines is 1. The van der Waals surface area contributed by atoms with Crippen LogP contribution in [0.2, 0.25) is 0 Å². The minimum Gasteiger partial charge on any atom is -0.482 e. The lowest BCUT2D eigenvalue weighted by Crippen LogP contribution is -2.40. The zero-order valence-corrected chi connectivity index (χ0v) is 8.60. The number of ether oxygens (including phenoxy) is 1. The summed E-state index contributed by atoms with van der Waals surface area (Å²) in [5.74, 6) is 0.941. The van der Waals surface area contributed by atoms with Gasteiger partial charge in [0, 0.05) is 0 Å². The predicted octanol–water partition coefficient (Wildman–Crippen LogP) is 2.74. The van der Waals surface area contributed by atoms with Crippen molar-refractivity contribution in [2.24, 2.45) is 0 Å². The summed E-state index contributed by atoms with van der Waals surface area (Å²) < 4.78 is 5.89. The maximum absolute atomic E-state index is 5.89. The molecule has 2 heteroatoms. The summed E-state index contributed by atoms with van der Waals surface area (Å²) in [7, 11) is 0. The van der Waals surface area contributed by atoms with E-state index in [-0.39, 0.29) is 12.1 Å². The summed E-state index contributed by atoms with van der Waals surface area (Å²) in [6, 6.07) is 8.33. The summed E-state index contributed by atoms with van der Waals surface area (Å²) in [6.45, 7) is 2.11. The molecular formula is C13H13NO. The third-order valence-electron chi connectivity index (χ3n) is 2.82. The lowest BCUT2D eigenvalue weighted by atomic mass is 9.99. The van der Waals surface area contributed by atoms with Crippen LogP contribution in [0.4, 0.5) is 5.69 Å². The fourth-order valence-electron chi connectivity index (χ4n) is 2.05. The van der Waals surface area contributed by atoms with E-state index in [1.54, 1.807) is 0 Å². The van der Waals surface area contributed by atoms with Crippen LogP contribution in [0.5, 0.6) is 5.75 Å². The van der Waals surface area contributed by atoms with Crippen molar-refractivity contribution >= 4 is 5.69 Å². The fraction of sp³-hybridized carbons (Fsp3) is 0.231. The average molecular weight is 199 g/mol. The van der Waals surface area contributed by atoms with Gasteiger partial charge in [-0.05, 0) is 25.1 Å². The number of fused-ring (bicyclic) bond motifs is 2. The van der Waals surface area contributed by atoms with Crippen molar-refractivity contribution < 1.29 is 4.74 Å². The molecule has 76 valence electrons. The summed E-state index contributed by atoms with van der Waals surface area (Å²) >= 11 is 0. The van der Waals surface area contributed by atoms with Crippen molar-refractivity contribution in [1.29, 1.82) is 0 Å². The predicted molar refractivity (Wildman–Crippen MR) is 61.2 cm³/mol. The molecule has 1 heterocycles. The largest absolute Gasteiger partial charge is 0.482 e. The highest BCUT2D eigenvalue weighted by Crippen LogP contribution is 2.33. The molecule has 2 aliphatic rings. The van der Waals surface area contributed by atoms with Gasteiger partial charge in [0.05, 0.1) is 11.7 Å². The highest BCUT2D eigenvalue weighted by Gasteiger charge is 2.27. The van der Waals surface area contributed by atoms with Crippen LogP contribution in [0.25, 0.3) is 0 Å². The Bertz CT molecular complexity index is 448. The van der Waals surface area contributed by atoms with E-state index < -0.39 is 0 Å². The quantitative estimate of drug-likeness (QED) is 0.693. The van der Waals surface area contributed by atoms with Crippen LogP contribution in [-0.4, -0.2) is 12.1 Å². The van der Waals surface area contributed by atoms with E-state index in [9.17, 15) is 0 Å². The number of nitrogens with one attached hydrogen (secondary N) is 1. The summed E-state index contributed by atoms with van der Waals surface area (Å²) in [5, 5.41) is 3.48. The average Bonchev–Trinajstić information content (AvgIpc) is 2.26. The number of hydrogen-bond donors (Lipinski definition) is 1. The fourth-order valence-corrected chi connectivity index (χ4v) is 2.05. The molecular weight excluding hydrogens is 186 g/mol. The normalized spacial score (nSPS) is 26.9. The van der Waals surface area contributed by atoms with E-state index in [2.05, 4.69) is 30.5 Å². The van der Waals surface area contributed by atoms with Crippen molar-refractivity contribution in [2.45, 2.75) is 19.1 Å². The first-order valence-corrected chi connectivity index (χ1v) is 5.22. The molecule has 1 aliphatic carbocycles. The summed E-state index contributed by atoms with van der Waals surface area (Å²) in [6.07, 6.45) is 6.56. The van der Waals surface area contributed by atoms with E-state index in [4.69, 9.17) is 4.74 Å². The molecule has 1 aliphatic heterocycles. The molecule has 2 nitrogen and oxygen atoms in total. The van der Waals surface area contributed by atoms with Crippen LogP contribution < -0.4 is 10.1 Å². The number of hydrogen-bond acceptors (Lipinski definition) is 2. The molecule has 1 aromatic rings. The Morgan fingerprint density at radius 3 is 3.07 bits per heavy atom. The van der Waals surface area contributed by atoms with Crippen molar-refractivity contribution in [1.82, 2.24) is 0 Å². The first-order chi connectivity index (χ1) is 7.33. The molecule has 2 unspecified atom stereocenters. The third kappa shape index (κ3) is 1.42. The molecule has 1 aromatic carbocycles. The highest BCUT2D eigenvalue weighted by molar-refractivity contribution is 5.60. The number of rotatable bonds is 0. The van der Waals surface area contributed by atoms with Crippen molar-refractivity contribution in [3.63, 3.8) is 0 Å². The monoisotopic (exact) mass is 199 g/mol. The third-order valence-corrected chi connectivity index (χ3v) is 2.82. The smallest absolute Gasteiger partial charge is 0.143 e. The number of para-hydroxylation sites is 2. The van der Waals surface area contributed by atoms with Crippen LogP contribution in [0, 0.1) is 0 Å². The van der Waals surface area contributed by atoms with Crippen molar-refractivity contribution in [3.8, 4) is 5.75 Å². The first kappa shape index (κ1) is 8.60.